The van der Waals surface area contributed by atoms with Gasteiger partial charge in [0, 0.05) is 17.5 Å². The largest absolute Gasteiger partial charge is 0.309 e. The van der Waals surface area contributed by atoms with Crippen LogP contribution in [0.5, 0.6) is 0 Å². The van der Waals surface area contributed by atoms with Crippen molar-refractivity contribution >= 4 is 11.8 Å². The molecule has 2 aromatic rings. The molecule has 0 saturated heterocycles. The van der Waals surface area contributed by atoms with E-state index in [1.54, 1.807) is 11.8 Å². The predicted octanol–water partition coefficient (Wildman–Crippen LogP) is 3.67. The first-order valence-corrected chi connectivity index (χ1v) is 8.01. The highest BCUT2D eigenvalue weighted by atomic mass is 32.2. The summed E-state index contributed by atoms with van der Waals surface area (Å²) >= 11 is 1.79. The lowest BCUT2D eigenvalue weighted by Crippen LogP contribution is -2.28. The standard InChI is InChI=1S/C17H19NS/c1-19-17-8-6-13(7-9-17)12-18-16-10-14-4-2-3-5-15(14)11-16/h2-9,16,18H,10-12H2,1H3. The molecule has 0 heterocycles. The van der Waals surface area contributed by atoms with Crippen molar-refractivity contribution in [3.05, 3.63) is 65.2 Å². The van der Waals surface area contributed by atoms with Gasteiger partial charge in [0.15, 0.2) is 0 Å². The first-order valence-electron chi connectivity index (χ1n) is 6.78. The second-order valence-corrected chi connectivity index (χ2v) is 5.98. The van der Waals surface area contributed by atoms with E-state index in [4.69, 9.17) is 0 Å². The number of fused-ring (bicyclic) bond motifs is 1. The molecule has 1 nitrogen and oxygen atoms in total. The summed E-state index contributed by atoms with van der Waals surface area (Å²) in [6.07, 6.45) is 4.45. The van der Waals surface area contributed by atoms with E-state index in [2.05, 4.69) is 60.1 Å². The Kier molecular flexibility index (Phi) is 3.90. The van der Waals surface area contributed by atoms with Crippen molar-refractivity contribution in [1.29, 1.82) is 0 Å². The quantitative estimate of drug-likeness (QED) is 0.850. The second kappa shape index (κ2) is 5.81. The molecule has 19 heavy (non-hydrogen) atoms. The zero-order chi connectivity index (χ0) is 13.1. The Hall–Kier alpha value is -1.25. The van der Waals surface area contributed by atoms with Gasteiger partial charge in [0.1, 0.15) is 0 Å². The van der Waals surface area contributed by atoms with E-state index in [0.717, 1.165) is 6.54 Å². The lowest BCUT2D eigenvalue weighted by Gasteiger charge is -2.12. The molecule has 98 valence electrons. The van der Waals surface area contributed by atoms with Crippen LogP contribution in [0.1, 0.15) is 16.7 Å². The van der Waals surface area contributed by atoms with E-state index in [1.807, 2.05) is 0 Å². The first kappa shape index (κ1) is 12.8. The molecule has 0 aromatic heterocycles. The van der Waals surface area contributed by atoms with Crippen LogP contribution in [0.3, 0.4) is 0 Å². The Bertz CT molecular complexity index is 522. The maximum atomic E-state index is 3.68. The molecule has 1 N–H and O–H groups in total. The minimum Gasteiger partial charge on any atom is -0.309 e. The number of nitrogens with one attached hydrogen (secondary N) is 1. The minimum absolute atomic E-state index is 0.595. The lowest BCUT2D eigenvalue weighted by molar-refractivity contribution is 0.533. The number of hydrogen-bond donors (Lipinski definition) is 1. The molecule has 1 aliphatic carbocycles. The smallest absolute Gasteiger partial charge is 0.0208 e. The summed E-state index contributed by atoms with van der Waals surface area (Å²) in [5, 5.41) is 3.68. The van der Waals surface area contributed by atoms with Crippen molar-refractivity contribution in [1.82, 2.24) is 5.32 Å². The average Bonchev–Trinajstić information content (AvgIpc) is 2.88. The second-order valence-electron chi connectivity index (χ2n) is 5.10. The number of hydrogen-bond acceptors (Lipinski definition) is 2. The first-order chi connectivity index (χ1) is 9.35. The highest BCUT2D eigenvalue weighted by Crippen LogP contribution is 2.22. The summed E-state index contributed by atoms with van der Waals surface area (Å²) in [5.41, 5.74) is 4.39. The Labute approximate surface area is 119 Å². The third-order valence-electron chi connectivity index (χ3n) is 3.80. The molecular formula is C17H19NS. The molecule has 0 bridgehead atoms. The Morgan fingerprint density at radius 2 is 1.63 bits per heavy atom. The zero-order valence-electron chi connectivity index (χ0n) is 11.2. The van der Waals surface area contributed by atoms with Gasteiger partial charge in [0.25, 0.3) is 0 Å². The minimum atomic E-state index is 0.595. The fourth-order valence-corrected chi connectivity index (χ4v) is 3.12. The molecule has 0 spiro atoms. The van der Waals surface area contributed by atoms with Gasteiger partial charge < -0.3 is 5.32 Å². The van der Waals surface area contributed by atoms with Gasteiger partial charge in [0.2, 0.25) is 0 Å². The van der Waals surface area contributed by atoms with Gasteiger partial charge in [-0.1, -0.05) is 36.4 Å². The highest BCUT2D eigenvalue weighted by Gasteiger charge is 2.19. The maximum Gasteiger partial charge on any atom is 0.0208 e. The summed E-state index contributed by atoms with van der Waals surface area (Å²) in [6.45, 7) is 0.966. The molecule has 0 saturated carbocycles. The zero-order valence-corrected chi connectivity index (χ0v) is 12.0. The Balaban J connectivity index is 1.56. The van der Waals surface area contributed by atoms with Crippen LogP contribution >= 0.6 is 11.8 Å². The summed E-state index contributed by atoms with van der Waals surface area (Å²) in [4.78, 5) is 1.33. The van der Waals surface area contributed by atoms with E-state index >= 15 is 0 Å². The normalized spacial score (nSPS) is 14.6. The van der Waals surface area contributed by atoms with Gasteiger partial charge in [-0.3, -0.25) is 0 Å². The molecule has 0 amide bonds. The van der Waals surface area contributed by atoms with E-state index < -0.39 is 0 Å². The monoisotopic (exact) mass is 269 g/mol. The van der Waals surface area contributed by atoms with Gasteiger partial charge in [-0.15, -0.1) is 11.8 Å². The van der Waals surface area contributed by atoms with Gasteiger partial charge in [-0.2, -0.15) is 0 Å². The van der Waals surface area contributed by atoms with Gasteiger partial charge in [-0.05, 0) is 47.9 Å². The van der Waals surface area contributed by atoms with E-state index in [9.17, 15) is 0 Å². The summed E-state index contributed by atoms with van der Waals surface area (Å²) in [6, 6.07) is 18.2. The van der Waals surface area contributed by atoms with Crippen molar-refractivity contribution in [2.45, 2.75) is 30.3 Å². The van der Waals surface area contributed by atoms with E-state index in [-0.39, 0.29) is 0 Å². The molecule has 0 aliphatic heterocycles. The highest BCUT2D eigenvalue weighted by molar-refractivity contribution is 7.98. The summed E-state index contributed by atoms with van der Waals surface area (Å²) < 4.78 is 0. The fourth-order valence-electron chi connectivity index (χ4n) is 2.71. The van der Waals surface area contributed by atoms with Crippen molar-refractivity contribution in [3.63, 3.8) is 0 Å². The van der Waals surface area contributed by atoms with Crippen molar-refractivity contribution in [2.24, 2.45) is 0 Å². The van der Waals surface area contributed by atoms with Crippen LogP contribution in [0.25, 0.3) is 0 Å². The van der Waals surface area contributed by atoms with E-state index in [1.165, 1.54) is 34.4 Å². The van der Waals surface area contributed by atoms with Crippen LogP contribution in [-0.2, 0) is 19.4 Å². The van der Waals surface area contributed by atoms with Crippen LogP contribution in [0.2, 0.25) is 0 Å². The molecule has 0 unspecified atom stereocenters. The molecule has 3 rings (SSSR count). The average molecular weight is 269 g/mol. The summed E-state index contributed by atoms with van der Waals surface area (Å²) in [7, 11) is 0. The maximum absolute atomic E-state index is 3.68. The predicted molar refractivity (Wildman–Crippen MR) is 82.7 cm³/mol. The molecule has 0 atom stereocenters. The van der Waals surface area contributed by atoms with Crippen LogP contribution in [0, 0.1) is 0 Å². The third kappa shape index (κ3) is 3.02. The SMILES string of the molecule is CSc1ccc(CNC2Cc3ccccc3C2)cc1. The molecule has 0 fully saturated rings. The van der Waals surface area contributed by atoms with Crippen LogP contribution < -0.4 is 5.32 Å². The molecular weight excluding hydrogens is 250 g/mol. The summed E-state index contributed by atoms with van der Waals surface area (Å²) in [5.74, 6) is 0. The van der Waals surface area contributed by atoms with Crippen LogP contribution in [-0.4, -0.2) is 12.3 Å². The van der Waals surface area contributed by atoms with Crippen LogP contribution in [0.15, 0.2) is 53.4 Å². The number of benzene rings is 2. The lowest BCUT2D eigenvalue weighted by atomic mass is 10.1. The molecule has 1 aliphatic rings. The fraction of sp³-hybridized carbons (Fsp3) is 0.294. The Morgan fingerprint density at radius 1 is 1.00 bits per heavy atom. The topological polar surface area (TPSA) is 12.0 Å². The van der Waals surface area contributed by atoms with Gasteiger partial charge in [0.05, 0.1) is 0 Å². The van der Waals surface area contributed by atoms with Crippen molar-refractivity contribution in [3.8, 4) is 0 Å². The van der Waals surface area contributed by atoms with Gasteiger partial charge >= 0.3 is 0 Å². The molecule has 2 aromatic carbocycles. The van der Waals surface area contributed by atoms with Crippen molar-refractivity contribution < 1.29 is 0 Å². The van der Waals surface area contributed by atoms with Crippen LogP contribution in [0.4, 0.5) is 0 Å². The number of rotatable bonds is 4. The molecule has 2 heteroatoms. The van der Waals surface area contributed by atoms with Crippen molar-refractivity contribution in [2.75, 3.05) is 6.26 Å². The Morgan fingerprint density at radius 3 is 2.21 bits per heavy atom. The van der Waals surface area contributed by atoms with E-state index in [0.29, 0.717) is 6.04 Å². The molecule has 0 radical (unpaired) electrons. The number of thioether (sulfide) groups is 1. The van der Waals surface area contributed by atoms with Gasteiger partial charge in [-0.25, -0.2) is 0 Å². The third-order valence-corrected chi connectivity index (χ3v) is 4.55.